The van der Waals surface area contributed by atoms with E-state index in [0.717, 1.165) is 24.8 Å². The maximum Gasteiger partial charge on any atom is 0.330 e. The van der Waals surface area contributed by atoms with E-state index >= 15 is 0 Å². The third-order valence-electron chi connectivity index (χ3n) is 4.15. The third-order valence-corrected chi connectivity index (χ3v) is 5.03. The third kappa shape index (κ3) is 2.61. The van der Waals surface area contributed by atoms with Crippen molar-refractivity contribution < 1.29 is 9.53 Å². The first-order valence-corrected chi connectivity index (χ1v) is 8.08. The Bertz CT molecular complexity index is 623. The molecule has 110 valence electrons. The Morgan fingerprint density at radius 3 is 2.95 bits per heavy atom. The number of rotatable bonds is 4. The van der Waals surface area contributed by atoms with Crippen LogP contribution in [0.1, 0.15) is 28.8 Å². The van der Waals surface area contributed by atoms with E-state index in [1.807, 2.05) is 24.3 Å². The van der Waals surface area contributed by atoms with Crippen molar-refractivity contribution in [1.29, 1.82) is 0 Å². The molecule has 1 aromatic heterocycles. The van der Waals surface area contributed by atoms with E-state index in [2.05, 4.69) is 22.8 Å². The topological polar surface area (TPSA) is 38.3 Å². The SMILES string of the molecule is COC(=O)C1(NCc2cccs2)CCCc2ccccc21. The molecule has 1 unspecified atom stereocenters. The van der Waals surface area contributed by atoms with E-state index in [-0.39, 0.29) is 5.97 Å². The molecule has 1 N–H and O–H groups in total. The number of carbonyl (C=O) groups excluding carboxylic acids is 1. The molecule has 0 fully saturated rings. The lowest BCUT2D eigenvalue weighted by Gasteiger charge is -2.37. The van der Waals surface area contributed by atoms with Crippen LogP contribution in [0.2, 0.25) is 0 Å². The van der Waals surface area contributed by atoms with Crippen LogP contribution >= 0.6 is 11.3 Å². The van der Waals surface area contributed by atoms with E-state index in [0.29, 0.717) is 6.54 Å². The van der Waals surface area contributed by atoms with Crippen molar-refractivity contribution in [2.45, 2.75) is 31.3 Å². The Labute approximate surface area is 129 Å². The molecule has 0 saturated carbocycles. The molecule has 1 aliphatic carbocycles. The number of fused-ring (bicyclic) bond motifs is 1. The number of aryl methyl sites for hydroxylation is 1. The van der Waals surface area contributed by atoms with Gasteiger partial charge in [0.05, 0.1) is 7.11 Å². The maximum atomic E-state index is 12.5. The van der Waals surface area contributed by atoms with Gasteiger partial charge in [-0.15, -0.1) is 11.3 Å². The minimum absolute atomic E-state index is 0.189. The van der Waals surface area contributed by atoms with Gasteiger partial charge in [-0.05, 0) is 41.8 Å². The predicted octanol–water partition coefficient (Wildman–Crippen LogP) is 3.24. The van der Waals surface area contributed by atoms with Gasteiger partial charge in [0, 0.05) is 11.4 Å². The molecule has 21 heavy (non-hydrogen) atoms. The highest BCUT2D eigenvalue weighted by Crippen LogP contribution is 2.36. The highest BCUT2D eigenvalue weighted by molar-refractivity contribution is 7.09. The van der Waals surface area contributed by atoms with Crippen LogP contribution in [-0.2, 0) is 28.0 Å². The number of ether oxygens (including phenoxy) is 1. The highest BCUT2D eigenvalue weighted by atomic mass is 32.1. The van der Waals surface area contributed by atoms with Crippen molar-refractivity contribution >= 4 is 17.3 Å². The zero-order valence-electron chi connectivity index (χ0n) is 12.1. The minimum Gasteiger partial charge on any atom is -0.467 e. The van der Waals surface area contributed by atoms with Gasteiger partial charge in [0.15, 0.2) is 0 Å². The van der Waals surface area contributed by atoms with E-state index in [4.69, 9.17) is 4.74 Å². The van der Waals surface area contributed by atoms with Crippen molar-refractivity contribution in [3.8, 4) is 0 Å². The predicted molar refractivity (Wildman–Crippen MR) is 84.2 cm³/mol. The molecule has 0 spiro atoms. The number of carbonyl (C=O) groups is 1. The van der Waals surface area contributed by atoms with Gasteiger partial charge in [-0.3, -0.25) is 5.32 Å². The number of esters is 1. The molecular weight excluding hydrogens is 282 g/mol. The summed E-state index contributed by atoms with van der Waals surface area (Å²) >= 11 is 1.70. The second-order valence-electron chi connectivity index (χ2n) is 5.34. The summed E-state index contributed by atoms with van der Waals surface area (Å²) < 4.78 is 5.12. The number of benzene rings is 1. The minimum atomic E-state index is -0.715. The molecule has 1 heterocycles. The Hall–Kier alpha value is -1.65. The Morgan fingerprint density at radius 1 is 1.33 bits per heavy atom. The van der Waals surface area contributed by atoms with Gasteiger partial charge in [0.25, 0.3) is 0 Å². The summed E-state index contributed by atoms with van der Waals surface area (Å²) in [6.07, 6.45) is 2.79. The zero-order chi connectivity index (χ0) is 14.7. The number of hydrogen-bond donors (Lipinski definition) is 1. The summed E-state index contributed by atoms with van der Waals surface area (Å²) in [5.41, 5.74) is 1.60. The lowest BCUT2D eigenvalue weighted by molar-refractivity contribution is -0.150. The fourth-order valence-electron chi connectivity index (χ4n) is 3.13. The van der Waals surface area contributed by atoms with Gasteiger partial charge in [-0.25, -0.2) is 4.79 Å². The average Bonchev–Trinajstić information content (AvgIpc) is 3.05. The summed E-state index contributed by atoms with van der Waals surface area (Å²) in [6, 6.07) is 12.3. The lowest BCUT2D eigenvalue weighted by atomic mass is 9.76. The van der Waals surface area contributed by atoms with E-state index in [1.54, 1.807) is 11.3 Å². The summed E-state index contributed by atoms with van der Waals surface area (Å²) in [6.45, 7) is 0.682. The molecule has 0 amide bonds. The van der Waals surface area contributed by atoms with Crippen molar-refractivity contribution in [2.24, 2.45) is 0 Å². The zero-order valence-corrected chi connectivity index (χ0v) is 12.9. The summed E-state index contributed by atoms with van der Waals surface area (Å²) in [4.78, 5) is 13.8. The molecule has 0 bridgehead atoms. The van der Waals surface area contributed by atoms with Gasteiger partial charge in [-0.1, -0.05) is 30.3 Å². The van der Waals surface area contributed by atoms with Gasteiger partial charge < -0.3 is 4.74 Å². The van der Waals surface area contributed by atoms with Crippen molar-refractivity contribution in [3.05, 3.63) is 57.8 Å². The molecule has 0 aliphatic heterocycles. The van der Waals surface area contributed by atoms with Crippen molar-refractivity contribution in [3.63, 3.8) is 0 Å². The van der Waals surface area contributed by atoms with Crippen LogP contribution in [0.15, 0.2) is 41.8 Å². The Kier molecular flexibility index (Phi) is 4.08. The molecule has 4 heteroatoms. The van der Waals surface area contributed by atoms with Gasteiger partial charge in [0.1, 0.15) is 5.54 Å². The number of nitrogens with one attached hydrogen (secondary N) is 1. The molecule has 3 nitrogen and oxygen atoms in total. The van der Waals surface area contributed by atoms with Crippen molar-refractivity contribution in [1.82, 2.24) is 5.32 Å². The Morgan fingerprint density at radius 2 is 2.19 bits per heavy atom. The van der Waals surface area contributed by atoms with Crippen LogP contribution < -0.4 is 5.32 Å². The number of hydrogen-bond acceptors (Lipinski definition) is 4. The smallest absolute Gasteiger partial charge is 0.330 e. The molecule has 1 aliphatic rings. The van der Waals surface area contributed by atoms with Crippen LogP contribution in [0.4, 0.5) is 0 Å². The molecule has 1 aromatic carbocycles. The van der Waals surface area contributed by atoms with E-state index in [9.17, 15) is 4.79 Å². The fourth-order valence-corrected chi connectivity index (χ4v) is 3.77. The van der Waals surface area contributed by atoms with Crippen LogP contribution in [0.25, 0.3) is 0 Å². The summed E-state index contributed by atoms with van der Waals surface area (Å²) in [5, 5.41) is 5.53. The first-order valence-electron chi connectivity index (χ1n) is 7.20. The van der Waals surface area contributed by atoms with Crippen LogP contribution in [0.5, 0.6) is 0 Å². The van der Waals surface area contributed by atoms with Gasteiger partial charge >= 0.3 is 5.97 Å². The van der Waals surface area contributed by atoms with Crippen LogP contribution in [0, 0.1) is 0 Å². The second kappa shape index (κ2) is 6.00. The summed E-state index contributed by atoms with van der Waals surface area (Å²) in [5.74, 6) is -0.189. The van der Waals surface area contributed by atoms with E-state index < -0.39 is 5.54 Å². The standard InChI is InChI=1S/C17H19NO2S/c1-20-16(19)17(18-12-14-8-5-11-21-14)10-4-7-13-6-2-3-9-15(13)17/h2-3,5-6,8-9,11,18H,4,7,10,12H2,1H3. The van der Waals surface area contributed by atoms with E-state index in [1.165, 1.54) is 17.6 Å². The lowest BCUT2D eigenvalue weighted by Crippen LogP contribution is -2.51. The second-order valence-corrected chi connectivity index (χ2v) is 6.37. The van der Waals surface area contributed by atoms with Gasteiger partial charge in [0.2, 0.25) is 0 Å². The highest BCUT2D eigenvalue weighted by Gasteiger charge is 2.44. The number of thiophene rings is 1. The molecule has 3 rings (SSSR count). The first kappa shape index (κ1) is 14.3. The quantitative estimate of drug-likeness (QED) is 0.881. The fraction of sp³-hybridized carbons (Fsp3) is 0.353. The monoisotopic (exact) mass is 301 g/mol. The number of methoxy groups -OCH3 is 1. The molecule has 0 saturated heterocycles. The normalized spacial score (nSPS) is 20.8. The van der Waals surface area contributed by atoms with Gasteiger partial charge in [-0.2, -0.15) is 0 Å². The average molecular weight is 301 g/mol. The molecule has 0 radical (unpaired) electrons. The molecule has 2 aromatic rings. The van der Waals surface area contributed by atoms with Crippen LogP contribution in [-0.4, -0.2) is 13.1 Å². The largest absolute Gasteiger partial charge is 0.467 e. The van der Waals surface area contributed by atoms with Crippen LogP contribution in [0.3, 0.4) is 0 Å². The molecular formula is C17H19NO2S. The molecule has 1 atom stereocenters. The Balaban J connectivity index is 1.96. The van der Waals surface area contributed by atoms with Crippen molar-refractivity contribution in [2.75, 3.05) is 7.11 Å². The first-order chi connectivity index (χ1) is 10.3. The summed E-state index contributed by atoms with van der Waals surface area (Å²) in [7, 11) is 1.47. The maximum absolute atomic E-state index is 12.5.